The fourth-order valence-electron chi connectivity index (χ4n) is 1.56. The van der Waals surface area contributed by atoms with Crippen LogP contribution in [0.1, 0.15) is 0 Å². The lowest BCUT2D eigenvalue weighted by Gasteiger charge is -2.12. The lowest BCUT2D eigenvalue weighted by molar-refractivity contribution is -0.384. The molecule has 0 aromatic heterocycles. The Kier molecular flexibility index (Phi) is 4.95. The molecule has 0 amide bonds. The van der Waals surface area contributed by atoms with Crippen LogP contribution in [0.5, 0.6) is 0 Å². The molecule has 0 radical (unpaired) electrons. The van der Waals surface area contributed by atoms with Gasteiger partial charge >= 0.3 is 0 Å². The van der Waals surface area contributed by atoms with Gasteiger partial charge in [0.05, 0.1) is 26.3 Å². The highest BCUT2D eigenvalue weighted by Crippen LogP contribution is 2.27. The van der Waals surface area contributed by atoms with Crippen LogP contribution in [0.4, 0.5) is 17.1 Å². The molecule has 0 fully saturated rings. The number of rotatable bonds is 3. The molecule has 0 aliphatic carbocycles. The van der Waals surface area contributed by atoms with Crippen molar-refractivity contribution >= 4 is 57.6 Å². The van der Waals surface area contributed by atoms with Gasteiger partial charge in [-0.05, 0) is 30.4 Å². The molecule has 2 aromatic rings. The highest BCUT2D eigenvalue weighted by atomic mass is 35.5. The van der Waals surface area contributed by atoms with E-state index in [9.17, 15) is 10.1 Å². The van der Waals surface area contributed by atoms with E-state index in [1.54, 1.807) is 18.2 Å². The van der Waals surface area contributed by atoms with Crippen LogP contribution in [-0.4, -0.2) is 10.0 Å². The molecular formula is C13H9Cl2N3O2S. The van der Waals surface area contributed by atoms with E-state index in [0.29, 0.717) is 16.4 Å². The van der Waals surface area contributed by atoms with Gasteiger partial charge in [0, 0.05) is 12.1 Å². The molecule has 0 aliphatic rings. The Morgan fingerprint density at radius 1 is 1.05 bits per heavy atom. The van der Waals surface area contributed by atoms with Crippen molar-refractivity contribution in [1.82, 2.24) is 0 Å². The monoisotopic (exact) mass is 341 g/mol. The molecule has 0 unspecified atom stereocenters. The SMILES string of the molecule is O=[N+]([O-])c1ccc(NC(=S)Nc2ccccc2Cl)c(Cl)c1. The van der Waals surface area contributed by atoms with E-state index in [4.69, 9.17) is 35.4 Å². The van der Waals surface area contributed by atoms with Crippen LogP contribution in [0.25, 0.3) is 0 Å². The molecule has 21 heavy (non-hydrogen) atoms. The van der Waals surface area contributed by atoms with E-state index in [-0.39, 0.29) is 15.8 Å². The first kappa shape index (κ1) is 15.5. The highest BCUT2D eigenvalue weighted by Gasteiger charge is 2.10. The van der Waals surface area contributed by atoms with Crippen LogP contribution in [-0.2, 0) is 0 Å². The molecule has 0 saturated carbocycles. The number of hydrogen-bond donors (Lipinski definition) is 2. The predicted molar refractivity (Wildman–Crippen MR) is 89.4 cm³/mol. The van der Waals surface area contributed by atoms with Crippen molar-refractivity contribution in [3.63, 3.8) is 0 Å². The average Bonchev–Trinajstić information content (AvgIpc) is 2.43. The second-order valence-electron chi connectivity index (χ2n) is 3.98. The number of halogens is 2. The third kappa shape index (κ3) is 4.04. The molecule has 108 valence electrons. The first-order chi connectivity index (χ1) is 9.97. The Hall–Kier alpha value is -1.89. The lowest BCUT2D eigenvalue weighted by Crippen LogP contribution is -2.19. The zero-order chi connectivity index (χ0) is 15.4. The van der Waals surface area contributed by atoms with E-state index >= 15 is 0 Å². The molecule has 0 aliphatic heterocycles. The van der Waals surface area contributed by atoms with Gasteiger partial charge in [-0.2, -0.15) is 0 Å². The molecule has 0 bridgehead atoms. The van der Waals surface area contributed by atoms with Gasteiger partial charge in [0.1, 0.15) is 0 Å². The van der Waals surface area contributed by atoms with E-state index in [0.717, 1.165) is 0 Å². The summed E-state index contributed by atoms with van der Waals surface area (Å²) in [6.45, 7) is 0. The molecule has 2 N–H and O–H groups in total. The standard InChI is InChI=1S/C13H9Cl2N3O2S/c14-9-3-1-2-4-11(9)16-13(21)17-12-6-5-8(18(19)20)7-10(12)15/h1-7H,(H2,16,17,21). The maximum absolute atomic E-state index is 10.6. The molecule has 5 nitrogen and oxygen atoms in total. The van der Waals surface area contributed by atoms with E-state index in [1.807, 2.05) is 6.07 Å². The zero-order valence-electron chi connectivity index (χ0n) is 10.5. The molecule has 0 spiro atoms. The summed E-state index contributed by atoms with van der Waals surface area (Å²) in [5, 5.41) is 17.4. The quantitative estimate of drug-likeness (QED) is 0.480. The van der Waals surface area contributed by atoms with Gasteiger partial charge in [0.15, 0.2) is 5.11 Å². The smallest absolute Gasteiger partial charge is 0.271 e. The van der Waals surface area contributed by atoms with Gasteiger partial charge < -0.3 is 10.6 Å². The van der Waals surface area contributed by atoms with Crippen molar-refractivity contribution in [3.8, 4) is 0 Å². The van der Waals surface area contributed by atoms with Crippen LogP contribution < -0.4 is 10.6 Å². The Balaban J connectivity index is 2.10. The predicted octanol–water partition coefficient (Wildman–Crippen LogP) is 4.71. The molecule has 0 saturated heterocycles. The topological polar surface area (TPSA) is 67.2 Å². The summed E-state index contributed by atoms with van der Waals surface area (Å²) in [6, 6.07) is 11.2. The number of nitro benzene ring substituents is 1. The van der Waals surface area contributed by atoms with Gasteiger partial charge in [0.25, 0.3) is 5.69 Å². The number of para-hydroxylation sites is 1. The van der Waals surface area contributed by atoms with Crippen LogP contribution in [0.15, 0.2) is 42.5 Å². The Bertz CT molecular complexity index is 710. The Labute approximate surface area is 136 Å². The summed E-state index contributed by atoms with van der Waals surface area (Å²) in [5.41, 5.74) is 1.03. The minimum absolute atomic E-state index is 0.0875. The van der Waals surface area contributed by atoms with Crippen molar-refractivity contribution in [2.45, 2.75) is 0 Å². The van der Waals surface area contributed by atoms with Gasteiger partial charge in [-0.1, -0.05) is 35.3 Å². The van der Waals surface area contributed by atoms with Crippen molar-refractivity contribution in [3.05, 3.63) is 62.6 Å². The fraction of sp³-hybridized carbons (Fsp3) is 0. The minimum atomic E-state index is -0.518. The highest BCUT2D eigenvalue weighted by molar-refractivity contribution is 7.80. The first-order valence-corrected chi connectivity index (χ1v) is 6.90. The van der Waals surface area contributed by atoms with Crippen molar-refractivity contribution < 1.29 is 4.92 Å². The number of nitrogens with one attached hydrogen (secondary N) is 2. The number of hydrogen-bond acceptors (Lipinski definition) is 3. The molecule has 0 heterocycles. The summed E-state index contributed by atoms with van der Waals surface area (Å²) < 4.78 is 0. The summed E-state index contributed by atoms with van der Waals surface area (Å²) in [7, 11) is 0. The number of non-ortho nitro benzene ring substituents is 1. The van der Waals surface area contributed by atoms with Crippen LogP contribution in [0.2, 0.25) is 10.0 Å². The van der Waals surface area contributed by atoms with Crippen LogP contribution in [0.3, 0.4) is 0 Å². The molecular weight excluding hydrogens is 333 g/mol. The van der Waals surface area contributed by atoms with Crippen LogP contribution in [0, 0.1) is 10.1 Å². The molecule has 0 atom stereocenters. The second-order valence-corrected chi connectivity index (χ2v) is 5.20. The number of anilines is 2. The molecule has 2 aromatic carbocycles. The number of thiocarbonyl (C=S) groups is 1. The number of nitrogens with zero attached hydrogens (tertiary/aromatic N) is 1. The van der Waals surface area contributed by atoms with E-state index in [1.165, 1.54) is 18.2 Å². The third-order valence-electron chi connectivity index (χ3n) is 2.53. The normalized spacial score (nSPS) is 10.0. The van der Waals surface area contributed by atoms with Crippen molar-refractivity contribution in [1.29, 1.82) is 0 Å². The number of benzene rings is 2. The lowest BCUT2D eigenvalue weighted by atomic mass is 10.3. The summed E-state index contributed by atoms with van der Waals surface area (Å²) >= 11 is 17.1. The Morgan fingerprint density at radius 3 is 2.24 bits per heavy atom. The largest absolute Gasteiger partial charge is 0.331 e. The van der Waals surface area contributed by atoms with Gasteiger partial charge in [0.2, 0.25) is 0 Å². The van der Waals surface area contributed by atoms with E-state index < -0.39 is 4.92 Å². The third-order valence-corrected chi connectivity index (χ3v) is 3.38. The van der Waals surface area contributed by atoms with Crippen molar-refractivity contribution in [2.75, 3.05) is 10.6 Å². The fourth-order valence-corrected chi connectivity index (χ4v) is 2.18. The van der Waals surface area contributed by atoms with Gasteiger partial charge in [-0.15, -0.1) is 0 Å². The van der Waals surface area contributed by atoms with Crippen molar-refractivity contribution in [2.24, 2.45) is 0 Å². The first-order valence-electron chi connectivity index (χ1n) is 5.74. The summed E-state index contributed by atoms with van der Waals surface area (Å²) in [6.07, 6.45) is 0. The maximum atomic E-state index is 10.6. The molecule has 2 rings (SSSR count). The van der Waals surface area contributed by atoms with Gasteiger partial charge in [-0.3, -0.25) is 10.1 Å². The van der Waals surface area contributed by atoms with Gasteiger partial charge in [-0.25, -0.2) is 0 Å². The van der Waals surface area contributed by atoms with E-state index in [2.05, 4.69) is 10.6 Å². The second kappa shape index (κ2) is 6.71. The average molecular weight is 342 g/mol. The zero-order valence-corrected chi connectivity index (χ0v) is 12.8. The minimum Gasteiger partial charge on any atom is -0.331 e. The number of nitro groups is 1. The summed E-state index contributed by atoms with van der Waals surface area (Å²) in [5.74, 6) is 0. The maximum Gasteiger partial charge on any atom is 0.271 e. The van der Waals surface area contributed by atoms with Crippen LogP contribution >= 0.6 is 35.4 Å². The summed E-state index contributed by atoms with van der Waals surface area (Å²) in [4.78, 5) is 10.1. The molecule has 8 heteroatoms. The Morgan fingerprint density at radius 2 is 1.67 bits per heavy atom.